The molecule has 1 heterocycles. The van der Waals surface area contributed by atoms with Crippen molar-refractivity contribution in [2.45, 2.75) is 25.1 Å². The lowest BCUT2D eigenvalue weighted by Gasteiger charge is -2.20. The number of aliphatic carboxylic acids is 1. The van der Waals surface area contributed by atoms with Crippen molar-refractivity contribution in [3.63, 3.8) is 0 Å². The zero-order chi connectivity index (χ0) is 17.9. The number of amides is 1. The molecule has 0 aliphatic carbocycles. The van der Waals surface area contributed by atoms with Crippen LogP contribution in [0.4, 0.5) is 13.2 Å². The normalized spacial score (nSPS) is 14.8. The monoisotopic (exact) mass is 367 g/mol. The van der Waals surface area contributed by atoms with Gasteiger partial charge in [0.1, 0.15) is 19.3 Å². The van der Waals surface area contributed by atoms with E-state index in [2.05, 4.69) is 0 Å². The molecule has 132 valence electrons. The maximum Gasteiger partial charge on any atom is 0.391 e. The van der Waals surface area contributed by atoms with Crippen LogP contribution in [-0.4, -0.2) is 42.4 Å². The lowest BCUT2D eigenvalue weighted by molar-refractivity contribution is -0.159. The Kier molecular flexibility index (Phi) is 5.43. The highest BCUT2D eigenvalue weighted by Gasteiger charge is 2.36. The van der Waals surface area contributed by atoms with Gasteiger partial charge in [-0.1, -0.05) is 11.6 Å². The molecule has 0 spiro atoms. The van der Waals surface area contributed by atoms with Gasteiger partial charge in [0.15, 0.2) is 11.5 Å². The fourth-order valence-electron chi connectivity index (χ4n) is 2.13. The molecule has 1 atom stereocenters. The van der Waals surface area contributed by atoms with Gasteiger partial charge in [-0.2, -0.15) is 13.2 Å². The number of benzene rings is 1. The molecule has 2 N–H and O–H groups in total. The van der Waals surface area contributed by atoms with Crippen molar-refractivity contribution < 1.29 is 37.3 Å². The molecule has 1 aromatic carbocycles. The summed E-state index contributed by atoms with van der Waals surface area (Å²) in [5.74, 6) is -1.99. The van der Waals surface area contributed by atoms with Crippen LogP contribution in [0.25, 0.3) is 0 Å². The van der Waals surface area contributed by atoms with E-state index in [1.807, 2.05) is 5.32 Å². The number of hydrogen-bond donors (Lipinski definition) is 2. The van der Waals surface area contributed by atoms with Gasteiger partial charge in [-0.3, -0.25) is 4.79 Å². The van der Waals surface area contributed by atoms with E-state index in [0.717, 1.165) is 0 Å². The summed E-state index contributed by atoms with van der Waals surface area (Å²) in [6, 6.07) is 0.832. The summed E-state index contributed by atoms with van der Waals surface area (Å²) in [5, 5.41) is 10.8. The number of carbonyl (C=O) groups excluding carboxylic acids is 1. The van der Waals surface area contributed by atoms with Crippen molar-refractivity contribution in [2.75, 3.05) is 13.2 Å². The van der Waals surface area contributed by atoms with Gasteiger partial charge in [0, 0.05) is 0 Å². The first-order chi connectivity index (χ1) is 11.2. The summed E-state index contributed by atoms with van der Waals surface area (Å²) in [6.07, 6.45) is -6.72. The summed E-state index contributed by atoms with van der Waals surface area (Å²) in [6.45, 7) is 0.621. The van der Waals surface area contributed by atoms with E-state index in [0.29, 0.717) is 30.3 Å². The number of halogens is 4. The third-order valence-corrected chi connectivity index (χ3v) is 3.37. The SMILES string of the molecule is O=C(Cc1cc(Cl)c2c(c1)OCCO2)NC(CC(F)(F)F)C(=O)O. The van der Waals surface area contributed by atoms with Crippen LogP contribution in [0.15, 0.2) is 12.1 Å². The van der Waals surface area contributed by atoms with Crippen molar-refractivity contribution >= 4 is 23.5 Å². The van der Waals surface area contributed by atoms with Crippen LogP contribution in [0.5, 0.6) is 11.5 Å². The number of carbonyl (C=O) groups is 2. The van der Waals surface area contributed by atoms with E-state index in [9.17, 15) is 22.8 Å². The van der Waals surface area contributed by atoms with E-state index < -0.39 is 30.5 Å². The molecule has 1 aliphatic heterocycles. The molecule has 0 saturated heterocycles. The summed E-state index contributed by atoms with van der Waals surface area (Å²) in [5.41, 5.74) is 0.359. The minimum atomic E-state index is -4.71. The first-order valence-electron chi connectivity index (χ1n) is 6.82. The van der Waals surface area contributed by atoms with Gasteiger partial charge in [-0.05, 0) is 17.7 Å². The number of carboxylic acid groups (broad SMARTS) is 1. The summed E-state index contributed by atoms with van der Waals surface area (Å²) < 4.78 is 47.6. The molecule has 24 heavy (non-hydrogen) atoms. The highest BCUT2D eigenvalue weighted by Crippen LogP contribution is 2.38. The number of rotatable bonds is 5. The molecule has 0 aromatic heterocycles. The molecule has 1 amide bonds. The maximum atomic E-state index is 12.3. The third kappa shape index (κ3) is 4.92. The number of nitrogens with one attached hydrogen (secondary N) is 1. The Morgan fingerprint density at radius 2 is 1.96 bits per heavy atom. The smallest absolute Gasteiger partial charge is 0.391 e. The highest BCUT2D eigenvalue weighted by molar-refractivity contribution is 6.32. The maximum absolute atomic E-state index is 12.3. The first kappa shape index (κ1) is 18.2. The second-order valence-electron chi connectivity index (χ2n) is 5.06. The number of alkyl halides is 3. The number of fused-ring (bicyclic) bond motifs is 1. The molecule has 1 aliphatic rings. The zero-order valence-corrected chi connectivity index (χ0v) is 12.9. The van der Waals surface area contributed by atoms with Crippen molar-refractivity contribution in [3.8, 4) is 11.5 Å². The van der Waals surface area contributed by atoms with Crippen molar-refractivity contribution in [1.82, 2.24) is 5.32 Å². The van der Waals surface area contributed by atoms with E-state index in [1.165, 1.54) is 12.1 Å². The number of carboxylic acids is 1. The van der Waals surface area contributed by atoms with Gasteiger partial charge < -0.3 is 19.9 Å². The van der Waals surface area contributed by atoms with Gasteiger partial charge >= 0.3 is 12.1 Å². The summed E-state index contributed by atoms with van der Waals surface area (Å²) >= 11 is 5.99. The van der Waals surface area contributed by atoms with Crippen LogP contribution in [0, 0.1) is 0 Å². The van der Waals surface area contributed by atoms with Crippen molar-refractivity contribution in [1.29, 1.82) is 0 Å². The Labute approximate surface area is 139 Å². The molecule has 0 bridgehead atoms. The third-order valence-electron chi connectivity index (χ3n) is 3.09. The molecular formula is C14H13ClF3NO5. The van der Waals surface area contributed by atoms with E-state index in [1.54, 1.807) is 0 Å². The Hall–Kier alpha value is -2.16. The molecule has 1 aromatic rings. The summed E-state index contributed by atoms with van der Waals surface area (Å²) in [4.78, 5) is 22.7. The minimum Gasteiger partial charge on any atom is -0.486 e. The van der Waals surface area contributed by atoms with Crippen LogP contribution in [0.1, 0.15) is 12.0 Å². The Balaban J connectivity index is 2.06. The molecule has 0 fully saturated rings. The van der Waals surface area contributed by atoms with Gasteiger partial charge in [0.2, 0.25) is 5.91 Å². The Morgan fingerprint density at radius 3 is 2.58 bits per heavy atom. The van der Waals surface area contributed by atoms with E-state index in [4.69, 9.17) is 26.2 Å². The molecular weight excluding hydrogens is 355 g/mol. The van der Waals surface area contributed by atoms with Crippen molar-refractivity contribution in [3.05, 3.63) is 22.7 Å². The molecule has 0 radical (unpaired) electrons. The van der Waals surface area contributed by atoms with Crippen LogP contribution in [0.3, 0.4) is 0 Å². The fourth-order valence-corrected chi connectivity index (χ4v) is 2.42. The van der Waals surface area contributed by atoms with Crippen LogP contribution < -0.4 is 14.8 Å². The minimum absolute atomic E-state index is 0.195. The average molecular weight is 368 g/mol. The average Bonchev–Trinajstić information content (AvgIpc) is 2.45. The fraction of sp³-hybridized carbons (Fsp3) is 0.429. The van der Waals surface area contributed by atoms with E-state index >= 15 is 0 Å². The van der Waals surface area contributed by atoms with Gasteiger partial charge in [0.25, 0.3) is 0 Å². The number of ether oxygens (including phenoxy) is 2. The predicted molar refractivity (Wildman–Crippen MR) is 76.4 cm³/mol. The van der Waals surface area contributed by atoms with Crippen LogP contribution >= 0.6 is 11.6 Å². The largest absolute Gasteiger partial charge is 0.486 e. The van der Waals surface area contributed by atoms with Gasteiger partial charge in [0.05, 0.1) is 17.9 Å². The zero-order valence-electron chi connectivity index (χ0n) is 12.2. The second kappa shape index (κ2) is 7.16. The highest BCUT2D eigenvalue weighted by atomic mass is 35.5. The summed E-state index contributed by atoms with van der Waals surface area (Å²) in [7, 11) is 0. The van der Waals surface area contributed by atoms with Crippen LogP contribution in [0.2, 0.25) is 5.02 Å². The predicted octanol–water partition coefficient (Wildman–Crippen LogP) is 2.18. The molecule has 2 rings (SSSR count). The number of hydrogen-bond acceptors (Lipinski definition) is 4. The quantitative estimate of drug-likeness (QED) is 0.833. The second-order valence-corrected chi connectivity index (χ2v) is 5.46. The molecule has 0 saturated carbocycles. The van der Waals surface area contributed by atoms with Crippen LogP contribution in [-0.2, 0) is 16.0 Å². The Bertz CT molecular complexity index is 650. The van der Waals surface area contributed by atoms with Crippen molar-refractivity contribution in [2.24, 2.45) is 0 Å². The molecule has 10 heteroatoms. The first-order valence-corrected chi connectivity index (χ1v) is 7.20. The van der Waals surface area contributed by atoms with Gasteiger partial charge in [-0.25, -0.2) is 4.79 Å². The lowest BCUT2D eigenvalue weighted by atomic mass is 10.1. The lowest BCUT2D eigenvalue weighted by Crippen LogP contribution is -2.44. The Morgan fingerprint density at radius 1 is 1.29 bits per heavy atom. The molecule has 1 unspecified atom stereocenters. The van der Waals surface area contributed by atoms with Gasteiger partial charge in [-0.15, -0.1) is 0 Å². The standard InChI is InChI=1S/C14H13ClF3NO5/c15-8-3-7(4-10-12(8)24-2-1-23-10)5-11(20)19-9(13(21)22)6-14(16,17)18/h3-4,9H,1-2,5-6H2,(H,19,20)(H,21,22). The van der Waals surface area contributed by atoms with E-state index in [-0.39, 0.29) is 11.4 Å². The topological polar surface area (TPSA) is 84.9 Å². The molecule has 6 nitrogen and oxygen atoms in total.